The lowest BCUT2D eigenvalue weighted by molar-refractivity contribution is 0.388. The maximum atomic E-state index is 4.95. The van der Waals surface area contributed by atoms with Crippen LogP contribution < -0.4 is 10.6 Å². The van der Waals surface area contributed by atoms with Gasteiger partial charge in [-0.1, -0.05) is 25.9 Å². The molecule has 0 aromatic carbocycles. The van der Waals surface area contributed by atoms with Crippen molar-refractivity contribution in [1.82, 2.24) is 20.1 Å². The Morgan fingerprint density at radius 3 is 2.29 bits per heavy atom. The molecule has 2 rings (SSSR count). The lowest BCUT2D eigenvalue weighted by Crippen LogP contribution is -2.18. The van der Waals surface area contributed by atoms with Gasteiger partial charge in [-0.05, 0) is 6.92 Å². The third-order valence-corrected chi connectivity index (χ3v) is 2.75. The van der Waals surface area contributed by atoms with Crippen LogP contribution in [0.25, 0.3) is 0 Å². The summed E-state index contributed by atoms with van der Waals surface area (Å²) < 4.78 is 4.95. The van der Waals surface area contributed by atoms with Crippen LogP contribution in [-0.4, -0.2) is 26.7 Å². The van der Waals surface area contributed by atoms with Crippen molar-refractivity contribution in [2.24, 2.45) is 0 Å². The van der Waals surface area contributed by atoms with Gasteiger partial charge in [0.1, 0.15) is 17.5 Å². The van der Waals surface area contributed by atoms with Crippen molar-refractivity contribution in [2.45, 2.75) is 46.6 Å². The van der Waals surface area contributed by atoms with Gasteiger partial charge in [0, 0.05) is 24.9 Å². The van der Waals surface area contributed by atoms with E-state index in [1.807, 2.05) is 13.0 Å². The van der Waals surface area contributed by atoms with E-state index in [0.29, 0.717) is 18.3 Å². The molecule has 7 nitrogen and oxygen atoms in total. The summed E-state index contributed by atoms with van der Waals surface area (Å²) in [5.74, 6) is 3.50. The van der Waals surface area contributed by atoms with Crippen LogP contribution in [0.5, 0.6) is 0 Å². The summed E-state index contributed by atoms with van der Waals surface area (Å²) >= 11 is 0. The van der Waals surface area contributed by atoms with Gasteiger partial charge in [-0.3, -0.25) is 0 Å². The normalized spacial score (nSPS) is 11.5. The van der Waals surface area contributed by atoms with Gasteiger partial charge in [-0.15, -0.1) is 0 Å². The summed E-state index contributed by atoms with van der Waals surface area (Å²) in [7, 11) is 0. The number of nitrogens with one attached hydrogen (secondary N) is 2. The maximum absolute atomic E-state index is 4.95. The quantitative estimate of drug-likeness (QED) is 0.874. The van der Waals surface area contributed by atoms with Crippen LogP contribution in [0.3, 0.4) is 0 Å². The van der Waals surface area contributed by atoms with E-state index >= 15 is 0 Å². The number of aromatic nitrogens is 4. The predicted octanol–water partition coefficient (Wildman–Crippen LogP) is 2.51. The van der Waals surface area contributed by atoms with Gasteiger partial charge in [0.2, 0.25) is 5.89 Å². The lowest BCUT2D eigenvalue weighted by Gasteiger charge is -2.19. The number of rotatable bonds is 5. The first-order valence-electron chi connectivity index (χ1n) is 7.05. The molecule has 0 saturated heterocycles. The SMILES string of the molecule is CCNc1cc(NCc2noc(C)n2)nc(C(C)(C)C)n1. The van der Waals surface area contributed by atoms with Crippen molar-refractivity contribution in [3.8, 4) is 0 Å². The van der Waals surface area contributed by atoms with Crippen LogP contribution >= 0.6 is 0 Å². The van der Waals surface area contributed by atoms with E-state index in [-0.39, 0.29) is 5.41 Å². The molecule has 0 aliphatic carbocycles. The maximum Gasteiger partial charge on any atom is 0.223 e. The number of anilines is 2. The molecule has 0 bridgehead atoms. The molecule has 0 amide bonds. The number of hydrogen-bond donors (Lipinski definition) is 2. The van der Waals surface area contributed by atoms with Crippen LogP contribution in [-0.2, 0) is 12.0 Å². The van der Waals surface area contributed by atoms with E-state index in [0.717, 1.165) is 24.0 Å². The van der Waals surface area contributed by atoms with Crippen molar-refractivity contribution in [2.75, 3.05) is 17.2 Å². The highest BCUT2D eigenvalue weighted by Crippen LogP contribution is 2.22. The number of aryl methyl sites for hydroxylation is 1. The second-order valence-corrected chi connectivity index (χ2v) is 5.83. The Hall–Kier alpha value is -2.18. The molecule has 2 aromatic heterocycles. The average Bonchev–Trinajstić information content (AvgIpc) is 2.81. The molecule has 0 spiro atoms. The molecule has 0 atom stereocenters. The summed E-state index contributed by atoms with van der Waals surface area (Å²) in [6, 6.07) is 1.88. The van der Waals surface area contributed by atoms with E-state index in [4.69, 9.17) is 4.52 Å². The second kappa shape index (κ2) is 6.07. The van der Waals surface area contributed by atoms with Crippen molar-refractivity contribution in [3.05, 3.63) is 23.6 Å². The van der Waals surface area contributed by atoms with Crippen LogP contribution in [0.1, 0.15) is 45.2 Å². The van der Waals surface area contributed by atoms with Crippen molar-refractivity contribution in [1.29, 1.82) is 0 Å². The molecule has 0 aliphatic rings. The zero-order valence-electron chi connectivity index (χ0n) is 13.2. The monoisotopic (exact) mass is 290 g/mol. The second-order valence-electron chi connectivity index (χ2n) is 5.83. The summed E-state index contributed by atoms with van der Waals surface area (Å²) in [5, 5.41) is 10.3. The molecule has 7 heteroatoms. The van der Waals surface area contributed by atoms with Crippen molar-refractivity contribution < 1.29 is 4.52 Å². The molecule has 114 valence electrons. The van der Waals surface area contributed by atoms with E-state index in [1.165, 1.54) is 0 Å². The Kier molecular flexibility index (Phi) is 4.40. The summed E-state index contributed by atoms with van der Waals surface area (Å²) in [4.78, 5) is 13.3. The van der Waals surface area contributed by atoms with Gasteiger partial charge in [-0.25, -0.2) is 9.97 Å². The fraction of sp³-hybridized carbons (Fsp3) is 0.571. The first-order valence-corrected chi connectivity index (χ1v) is 7.05. The minimum atomic E-state index is -0.120. The van der Waals surface area contributed by atoms with Crippen LogP contribution in [0.15, 0.2) is 10.6 Å². The first-order chi connectivity index (χ1) is 9.88. The summed E-state index contributed by atoms with van der Waals surface area (Å²) in [5.41, 5.74) is -0.120. The van der Waals surface area contributed by atoms with Gasteiger partial charge in [0.05, 0.1) is 6.54 Å². The molecule has 21 heavy (non-hydrogen) atoms. The lowest BCUT2D eigenvalue weighted by atomic mass is 9.96. The summed E-state index contributed by atoms with van der Waals surface area (Å²) in [6.45, 7) is 11.3. The average molecular weight is 290 g/mol. The standard InChI is InChI=1S/C14H22N6O/c1-6-15-10-7-11(19-13(18-10)14(3,4)5)16-8-12-17-9(2)21-20-12/h7H,6,8H2,1-5H3,(H2,15,16,18,19). The highest BCUT2D eigenvalue weighted by Gasteiger charge is 2.19. The molecular weight excluding hydrogens is 268 g/mol. The smallest absolute Gasteiger partial charge is 0.223 e. The molecule has 0 fully saturated rings. The van der Waals surface area contributed by atoms with Gasteiger partial charge in [-0.2, -0.15) is 4.98 Å². The van der Waals surface area contributed by atoms with E-state index in [2.05, 4.69) is 51.5 Å². The fourth-order valence-corrected chi connectivity index (χ4v) is 1.73. The molecule has 0 aliphatic heterocycles. The highest BCUT2D eigenvalue weighted by atomic mass is 16.5. The largest absolute Gasteiger partial charge is 0.370 e. The van der Waals surface area contributed by atoms with E-state index in [1.54, 1.807) is 6.92 Å². The Morgan fingerprint density at radius 1 is 1.10 bits per heavy atom. The van der Waals surface area contributed by atoms with E-state index in [9.17, 15) is 0 Å². The Balaban J connectivity index is 2.19. The zero-order chi connectivity index (χ0) is 15.5. The molecule has 0 saturated carbocycles. The predicted molar refractivity (Wildman–Crippen MR) is 81.3 cm³/mol. The minimum Gasteiger partial charge on any atom is -0.370 e. The molecule has 2 heterocycles. The van der Waals surface area contributed by atoms with Crippen LogP contribution in [0.4, 0.5) is 11.6 Å². The first kappa shape index (κ1) is 15.2. The minimum absolute atomic E-state index is 0.120. The Labute approximate surface area is 124 Å². The topological polar surface area (TPSA) is 88.8 Å². The van der Waals surface area contributed by atoms with E-state index < -0.39 is 0 Å². The molecular formula is C14H22N6O. The van der Waals surface area contributed by atoms with Gasteiger partial charge < -0.3 is 15.2 Å². The highest BCUT2D eigenvalue weighted by molar-refractivity contribution is 5.48. The molecule has 2 aromatic rings. The number of nitrogens with zero attached hydrogens (tertiary/aromatic N) is 4. The molecule has 0 unspecified atom stereocenters. The van der Waals surface area contributed by atoms with Gasteiger partial charge in [0.25, 0.3) is 0 Å². The number of hydrogen-bond acceptors (Lipinski definition) is 7. The Bertz CT molecular complexity index is 602. The van der Waals surface area contributed by atoms with Gasteiger partial charge in [0.15, 0.2) is 5.82 Å². The third-order valence-electron chi connectivity index (χ3n) is 2.75. The Morgan fingerprint density at radius 2 is 1.76 bits per heavy atom. The van der Waals surface area contributed by atoms with Gasteiger partial charge >= 0.3 is 0 Å². The molecule has 0 radical (unpaired) electrons. The van der Waals surface area contributed by atoms with Crippen molar-refractivity contribution in [3.63, 3.8) is 0 Å². The van der Waals surface area contributed by atoms with Crippen LogP contribution in [0, 0.1) is 6.92 Å². The van der Waals surface area contributed by atoms with Crippen molar-refractivity contribution >= 4 is 11.6 Å². The third kappa shape index (κ3) is 4.14. The summed E-state index contributed by atoms with van der Waals surface area (Å²) in [6.07, 6.45) is 0. The fourth-order valence-electron chi connectivity index (χ4n) is 1.73. The molecule has 2 N–H and O–H groups in total. The van der Waals surface area contributed by atoms with Crippen LogP contribution in [0.2, 0.25) is 0 Å². The zero-order valence-corrected chi connectivity index (χ0v) is 13.2.